The molecule has 0 aromatic carbocycles. The number of rotatable bonds is 5. The first-order valence-electron chi connectivity index (χ1n) is 4.47. The lowest BCUT2D eigenvalue weighted by atomic mass is 10.2. The quantitative estimate of drug-likeness (QED) is 0.498. The van der Waals surface area contributed by atoms with Crippen LogP contribution < -0.4 is 5.73 Å². The van der Waals surface area contributed by atoms with Gasteiger partial charge in [-0.05, 0) is 6.54 Å². The molecule has 0 bridgehead atoms. The third-order valence-corrected chi connectivity index (χ3v) is 1.80. The first kappa shape index (κ1) is 11.9. The highest BCUT2D eigenvalue weighted by atomic mass is 16.4. The molecule has 0 aliphatic rings. The number of carboxylic acid groups (broad SMARTS) is 2. The third kappa shape index (κ3) is 2.92. The Morgan fingerprint density at radius 1 is 1.50 bits per heavy atom. The zero-order valence-corrected chi connectivity index (χ0v) is 8.30. The maximum absolute atomic E-state index is 10.8. The predicted octanol–water partition coefficient (Wildman–Crippen LogP) is -0.537. The normalized spacial score (nSPS) is 11.4. The molecule has 0 saturated heterocycles. The molecule has 16 heavy (non-hydrogen) atoms. The van der Waals surface area contributed by atoms with Crippen LogP contribution >= 0.6 is 0 Å². The second-order valence-electron chi connectivity index (χ2n) is 3.00. The number of nitrogens with zero attached hydrogens (tertiary/aromatic N) is 1. The van der Waals surface area contributed by atoms with Crippen LogP contribution in [0.3, 0.4) is 0 Å². The Balaban J connectivity index is 3.02. The summed E-state index contributed by atoms with van der Waals surface area (Å²) in [5.74, 6) is -2.68. The van der Waals surface area contributed by atoms with Crippen LogP contribution in [0.4, 0.5) is 0 Å². The van der Waals surface area contributed by atoms with Gasteiger partial charge < -0.3 is 20.9 Å². The molecule has 1 heterocycles. The standard InChI is InChI=1S/C9H11N3O4/c10-2-1-5-4-11-8(12-5)6(9(15)16)3-7(13)14/h3-4H,1-2,10H2,(H,11,12)(H,13,14)(H,15,16). The van der Waals surface area contributed by atoms with E-state index in [1.165, 1.54) is 6.20 Å². The molecule has 5 N–H and O–H groups in total. The Morgan fingerprint density at radius 3 is 2.69 bits per heavy atom. The summed E-state index contributed by atoms with van der Waals surface area (Å²) in [4.78, 5) is 27.7. The molecule has 0 spiro atoms. The van der Waals surface area contributed by atoms with Gasteiger partial charge in [0.1, 0.15) is 11.4 Å². The Bertz CT molecular complexity index is 436. The van der Waals surface area contributed by atoms with Crippen LogP contribution in [0.2, 0.25) is 0 Å². The summed E-state index contributed by atoms with van der Waals surface area (Å²) in [7, 11) is 0. The van der Waals surface area contributed by atoms with Gasteiger partial charge in [-0.25, -0.2) is 14.6 Å². The van der Waals surface area contributed by atoms with Crippen LogP contribution in [0, 0.1) is 0 Å². The number of hydrogen-bond acceptors (Lipinski definition) is 4. The third-order valence-electron chi connectivity index (χ3n) is 1.80. The van der Waals surface area contributed by atoms with Crippen molar-refractivity contribution in [3.8, 4) is 0 Å². The highest BCUT2D eigenvalue weighted by Crippen LogP contribution is 2.11. The van der Waals surface area contributed by atoms with E-state index in [0.29, 0.717) is 24.7 Å². The molecule has 0 atom stereocenters. The fourth-order valence-corrected chi connectivity index (χ4v) is 1.13. The minimum Gasteiger partial charge on any atom is -0.478 e. The summed E-state index contributed by atoms with van der Waals surface area (Å²) in [5.41, 5.74) is 5.58. The fourth-order valence-electron chi connectivity index (χ4n) is 1.13. The van der Waals surface area contributed by atoms with Crippen molar-refractivity contribution in [2.24, 2.45) is 5.73 Å². The molecule has 0 saturated carbocycles. The van der Waals surface area contributed by atoms with E-state index in [1.54, 1.807) is 0 Å². The summed E-state index contributed by atoms with van der Waals surface area (Å²) in [5, 5.41) is 17.3. The van der Waals surface area contributed by atoms with Crippen LogP contribution in [0.15, 0.2) is 12.3 Å². The van der Waals surface area contributed by atoms with E-state index in [0.717, 1.165) is 0 Å². The number of H-pyrrole nitrogens is 1. The average molecular weight is 225 g/mol. The van der Waals surface area contributed by atoms with Gasteiger partial charge in [-0.3, -0.25) is 0 Å². The Labute approximate surface area is 90.6 Å². The highest BCUT2D eigenvalue weighted by molar-refractivity contribution is 6.18. The van der Waals surface area contributed by atoms with E-state index in [4.69, 9.17) is 15.9 Å². The average Bonchev–Trinajstić information content (AvgIpc) is 2.62. The lowest BCUT2D eigenvalue weighted by Gasteiger charge is -1.96. The summed E-state index contributed by atoms with van der Waals surface area (Å²) >= 11 is 0. The first-order valence-corrected chi connectivity index (χ1v) is 4.47. The van der Waals surface area contributed by atoms with Crippen LogP contribution in [0.1, 0.15) is 11.5 Å². The van der Waals surface area contributed by atoms with Gasteiger partial charge in [-0.1, -0.05) is 0 Å². The zero-order chi connectivity index (χ0) is 12.1. The summed E-state index contributed by atoms with van der Waals surface area (Å²) in [6, 6.07) is 0. The predicted molar refractivity (Wildman–Crippen MR) is 54.6 cm³/mol. The minimum absolute atomic E-state index is 0.0124. The Morgan fingerprint density at radius 2 is 2.19 bits per heavy atom. The van der Waals surface area contributed by atoms with E-state index in [1.807, 2.05) is 0 Å². The molecule has 0 fully saturated rings. The number of hydrogen-bond donors (Lipinski definition) is 4. The number of carboxylic acids is 2. The summed E-state index contributed by atoms with van der Waals surface area (Å²) in [6.45, 7) is 0.396. The molecule has 0 aliphatic carbocycles. The lowest BCUT2D eigenvalue weighted by molar-refractivity contribution is -0.133. The highest BCUT2D eigenvalue weighted by Gasteiger charge is 2.15. The van der Waals surface area contributed by atoms with Gasteiger partial charge in [0.2, 0.25) is 0 Å². The summed E-state index contributed by atoms with van der Waals surface area (Å²) in [6.07, 6.45) is 2.54. The van der Waals surface area contributed by atoms with Gasteiger partial charge in [0, 0.05) is 24.4 Å². The van der Waals surface area contributed by atoms with E-state index in [9.17, 15) is 9.59 Å². The number of aromatic amines is 1. The van der Waals surface area contributed by atoms with Crippen LogP contribution in [0.5, 0.6) is 0 Å². The monoisotopic (exact) mass is 225 g/mol. The molecule has 1 rings (SSSR count). The second-order valence-corrected chi connectivity index (χ2v) is 3.00. The number of nitrogens with one attached hydrogen (secondary N) is 1. The van der Waals surface area contributed by atoms with Gasteiger partial charge in [0.25, 0.3) is 0 Å². The van der Waals surface area contributed by atoms with Crippen LogP contribution in [-0.2, 0) is 16.0 Å². The molecule has 7 nitrogen and oxygen atoms in total. The molecule has 7 heteroatoms. The first-order chi connectivity index (χ1) is 7.54. The van der Waals surface area contributed by atoms with Gasteiger partial charge in [-0.2, -0.15) is 0 Å². The molecule has 0 radical (unpaired) electrons. The van der Waals surface area contributed by atoms with Crippen LogP contribution in [0.25, 0.3) is 5.57 Å². The van der Waals surface area contributed by atoms with Crippen molar-refractivity contribution in [1.82, 2.24) is 9.97 Å². The van der Waals surface area contributed by atoms with Gasteiger partial charge in [-0.15, -0.1) is 0 Å². The SMILES string of the molecule is NCCc1cnc(C(=CC(=O)O)C(=O)O)[nH]1. The van der Waals surface area contributed by atoms with Crippen molar-refractivity contribution >= 4 is 17.5 Å². The smallest absolute Gasteiger partial charge is 0.339 e. The molecule has 0 aliphatic heterocycles. The number of imidazole rings is 1. The van der Waals surface area contributed by atoms with E-state index < -0.39 is 17.5 Å². The molecule has 1 aromatic heterocycles. The maximum Gasteiger partial charge on any atom is 0.339 e. The van der Waals surface area contributed by atoms with Crippen molar-refractivity contribution in [2.75, 3.05) is 6.54 Å². The molecule has 0 amide bonds. The molecule has 1 aromatic rings. The van der Waals surface area contributed by atoms with Crippen LogP contribution in [-0.4, -0.2) is 38.7 Å². The number of aliphatic carboxylic acids is 2. The van der Waals surface area contributed by atoms with Crippen molar-refractivity contribution < 1.29 is 19.8 Å². The van der Waals surface area contributed by atoms with E-state index in [2.05, 4.69) is 9.97 Å². The van der Waals surface area contributed by atoms with Crippen molar-refractivity contribution in [1.29, 1.82) is 0 Å². The lowest BCUT2D eigenvalue weighted by Crippen LogP contribution is -2.06. The van der Waals surface area contributed by atoms with Gasteiger partial charge in [0.15, 0.2) is 0 Å². The topological polar surface area (TPSA) is 129 Å². The van der Waals surface area contributed by atoms with Crippen molar-refractivity contribution in [3.63, 3.8) is 0 Å². The minimum atomic E-state index is -1.35. The Kier molecular flexibility index (Phi) is 3.78. The van der Waals surface area contributed by atoms with Crippen molar-refractivity contribution in [3.05, 3.63) is 23.8 Å². The summed E-state index contributed by atoms with van der Waals surface area (Å²) < 4.78 is 0. The molecule has 0 unspecified atom stereocenters. The Hall–Kier alpha value is -2.15. The number of aromatic nitrogens is 2. The van der Waals surface area contributed by atoms with Gasteiger partial charge in [0.05, 0.1) is 0 Å². The molecule has 86 valence electrons. The molecular formula is C9H11N3O4. The molecular weight excluding hydrogens is 214 g/mol. The number of carbonyl (C=O) groups is 2. The van der Waals surface area contributed by atoms with E-state index in [-0.39, 0.29) is 5.82 Å². The van der Waals surface area contributed by atoms with E-state index >= 15 is 0 Å². The zero-order valence-electron chi connectivity index (χ0n) is 8.30. The largest absolute Gasteiger partial charge is 0.478 e. The van der Waals surface area contributed by atoms with Crippen molar-refractivity contribution in [2.45, 2.75) is 6.42 Å². The fraction of sp³-hybridized carbons (Fsp3) is 0.222. The number of nitrogens with two attached hydrogens (primary N) is 1. The second kappa shape index (κ2) is 5.08. The van der Waals surface area contributed by atoms with Gasteiger partial charge >= 0.3 is 11.9 Å². The maximum atomic E-state index is 10.8.